The SMILES string of the molecule is CCOC(=O)CNC(=O)NCCC(=O)c1ccc(C)cc1. The number of carbonyl (C=O) groups excluding carboxylic acids is 3. The van der Waals surface area contributed by atoms with Crippen molar-refractivity contribution in [2.45, 2.75) is 20.3 Å². The van der Waals surface area contributed by atoms with Gasteiger partial charge in [0.05, 0.1) is 6.61 Å². The number of ketones is 1. The van der Waals surface area contributed by atoms with Gasteiger partial charge in [-0.2, -0.15) is 0 Å². The molecule has 0 aliphatic rings. The van der Waals surface area contributed by atoms with Gasteiger partial charge < -0.3 is 15.4 Å². The van der Waals surface area contributed by atoms with Crippen LogP contribution in [0, 0.1) is 6.92 Å². The Kier molecular flexibility index (Phi) is 6.94. The van der Waals surface area contributed by atoms with Gasteiger partial charge in [-0.25, -0.2) is 4.79 Å². The van der Waals surface area contributed by atoms with Gasteiger partial charge in [0.25, 0.3) is 0 Å². The third kappa shape index (κ3) is 6.56. The van der Waals surface area contributed by atoms with Crippen LogP contribution in [-0.4, -0.2) is 37.5 Å². The molecule has 0 aromatic heterocycles. The summed E-state index contributed by atoms with van der Waals surface area (Å²) < 4.78 is 4.67. The van der Waals surface area contributed by atoms with Gasteiger partial charge >= 0.3 is 12.0 Å². The largest absolute Gasteiger partial charge is 0.465 e. The quantitative estimate of drug-likeness (QED) is 0.588. The number of aryl methyl sites for hydroxylation is 1. The minimum atomic E-state index is -0.500. The zero-order chi connectivity index (χ0) is 15.7. The molecule has 0 saturated carbocycles. The Morgan fingerprint density at radius 1 is 1.10 bits per heavy atom. The van der Waals surface area contributed by atoms with Crippen LogP contribution in [0.25, 0.3) is 0 Å². The molecule has 0 saturated heterocycles. The van der Waals surface area contributed by atoms with Crippen LogP contribution in [0.15, 0.2) is 24.3 Å². The first-order valence-electron chi connectivity index (χ1n) is 6.80. The highest BCUT2D eigenvalue weighted by atomic mass is 16.5. The second kappa shape index (κ2) is 8.73. The Balaban J connectivity index is 2.23. The van der Waals surface area contributed by atoms with Crippen molar-refractivity contribution in [1.29, 1.82) is 0 Å². The van der Waals surface area contributed by atoms with Gasteiger partial charge in [0, 0.05) is 18.5 Å². The van der Waals surface area contributed by atoms with Gasteiger partial charge in [-0.3, -0.25) is 9.59 Å². The summed E-state index contributed by atoms with van der Waals surface area (Å²) in [5, 5.41) is 4.87. The fourth-order valence-corrected chi connectivity index (χ4v) is 1.60. The van der Waals surface area contributed by atoms with Crippen LogP contribution in [0.4, 0.5) is 4.79 Å². The molecule has 0 aliphatic carbocycles. The second-order valence-corrected chi connectivity index (χ2v) is 4.45. The molecule has 114 valence electrons. The minimum absolute atomic E-state index is 0.0410. The van der Waals surface area contributed by atoms with Crippen molar-refractivity contribution in [1.82, 2.24) is 10.6 Å². The summed E-state index contributed by atoms with van der Waals surface area (Å²) >= 11 is 0. The highest BCUT2D eigenvalue weighted by Crippen LogP contribution is 2.05. The fraction of sp³-hybridized carbons (Fsp3) is 0.400. The summed E-state index contributed by atoms with van der Waals surface area (Å²) in [5.41, 5.74) is 1.71. The zero-order valence-corrected chi connectivity index (χ0v) is 12.3. The Hall–Kier alpha value is -2.37. The average molecular weight is 292 g/mol. The summed E-state index contributed by atoms with van der Waals surface area (Å²) in [7, 11) is 0. The van der Waals surface area contributed by atoms with E-state index in [1.807, 2.05) is 19.1 Å². The van der Waals surface area contributed by atoms with Gasteiger partial charge in [0.15, 0.2) is 5.78 Å². The van der Waals surface area contributed by atoms with Gasteiger partial charge in [-0.05, 0) is 13.8 Å². The highest BCUT2D eigenvalue weighted by molar-refractivity contribution is 5.96. The van der Waals surface area contributed by atoms with Crippen molar-refractivity contribution >= 4 is 17.8 Å². The highest BCUT2D eigenvalue weighted by Gasteiger charge is 2.08. The molecule has 0 spiro atoms. The van der Waals surface area contributed by atoms with Crippen molar-refractivity contribution in [3.8, 4) is 0 Å². The van der Waals surface area contributed by atoms with Crippen LogP contribution in [0.1, 0.15) is 29.3 Å². The zero-order valence-electron chi connectivity index (χ0n) is 12.3. The van der Waals surface area contributed by atoms with Crippen molar-refractivity contribution in [2.75, 3.05) is 19.7 Å². The maximum absolute atomic E-state index is 11.8. The predicted octanol–water partition coefficient (Wildman–Crippen LogP) is 1.43. The number of Topliss-reactive ketones (excluding diaryl/α,β-unsaturated/α-hetero) is 1. The normalized spacial score (nSPS) is 9.81. The van der Waals surface area contributed by atoms with Crippen LogP contribution < -0.4 is 10.6 Å². The Morgan fingerprint density at radius 2 is 1.76 bits per heavy atom. The Bertz CT molecular complexity index is 497. The molecule has 0 radical (unpaired) electrons. The van der Waals surface area contributed by atoms with Crippen LogP contribution in [0.3, 0.4) is 0 Å². The van der Waals surface area contributed by atoms with Crippen LogP contribution >= 0.6 is 0 Å². The van der Waals surface area contributed by atoms with Gasteiger partial charge in [-0.15, -0.1) is 0 Å². The molecule has 0 fully saturated rings. The fourth-order valence-electron chi connectivity index (χ4n) is 1.60. The number of hydrogen-bond acceptors (Lipinski definition) is 4. The van der Waals surface area contributed by atoms with Crippen molar-refractivity contribution < 1.29 is 19.1 Å². The number of benzene rings is 1. The number of nitrogens with one attached hydrogen (secondary N) is 2. The molecule has 2 amide bonds. The molecular formula is C15H20N2O4. The molecule has 0 aliphatic heterocycles. The van der Waals surface area contributed by atoms with E-state index in [1.54, 1.807) is 19.1 Å². The maximum atomic E-state index is 11.8. The third-order valence-electron chi connectivity index (χ3n) is 2.71. The molecule has 1 aromatic rings. The first-order chi connectivity index (χ1) is 10.0. The topological polar surface area (TPSA) is 84.5 Å². The van der Waals surface area contributed by atoms with E-state index in [-0.39, 0.29) is 31.9 Å². The summed E-state index contributed by atoms with van der Waals surface area (Å²) in [6.07, 6.45) is 0.204. The Labute approximate surface area is 123 Å². The summed E-state index contributed by atoms with van der Waals surface area (Å²) in [4.78, 5) is 34.2. The van der Waals surface area contributed by atoms with Gasteiger partial charge in [0.2, 0.25) is 0 Å². The predicted molar refractivity (Wildman–Crippen MR) is 78.2 cm³/mol. The van der Waals surface area contributed by atoms with Crippen molar-refractivity contribution in [3.05, 3.63) is 35.4 Å². The number of urea groups is 1. The van der Waals surface area contributed by atoms with E-state index in [4.69, 9.17) is 0 Å². The molecule has 2 N–H and O–H groups in total. The third-order valence-corrected chi connectivity index (χ3v) is 2.71. The van der Waals surface area contributed by atoms with Crippen LogP contribution in [-0.2, 0) is 9.53 Å². The Morgan fingerprint density at radius 3 is 2.38 bits per heavy atom. The minimum Gasteiger partial charge on any atom is -0.465 e. The van der Waals surface area contributed by atoms with E-state index in [0.717, 1.165) is 5.56 Å². The summed E-state index contributed by atoms with van der Waals surface area (Å²) in [6, 6.07) is 6.76. The molecule has 1 aromatic carbocycles. The number of rotatable bonds is 7. The maximum Gasteiger partial charge on any atom is 0.325 e. The summed E-state index contributed by atoms with van der Waals surface area (Å²) in [6.45, 7) is 3.93. The van der Waals surface area contributed by atoms with Crippen LogP contribution in [0.5, 0.6) is 0 Å². The smallest absolute Gasteiger partial charge is 0.325 e. The first kappa shape index (κ1) is 16.7. The molecule has 0 bridgehead atoms. The standard InChI is InChI=1S/C15H20N2O4/c1-3-21-14(19)10-17-15(20)16-9-8-13(18)12-6-4-11(2)5-7-12/h4-7H,3,8-10H2,1-2H3,(H2,16,17,20). The lowest BCUT2D eigenvalue weighted by Crippen LogP contribution is -2.39. The van der Waals surface area contributed by atoms with E-state index in [1.165, 1.54) is 0 Å². The molecule has 21 heavy (non-hydrogen) atoms. The van der Waals surface area contributed by atoms with Gasteiger partial charge in [0.1, 0.15) is 6.54 Å². The van der Waals surface area contributed by atoms with Gasteiger partial charge in [-0.1, -0.05) is 29.8 Å². The molecule has 6 nitrogen and oxygen atoms in total. The number of ether oxygens (including phenoxy) is 1. The molecule has 0 atom stereocenters. The molecule has 1 rings (SSSR count). The molecule has 6 heteroatoms. The average Bonchev–Trinajstić information content (AvgIpc) is 2.46. The number of carbonyl (C=O) groups is 3. The second-order valence-electron chi connectivity index (χ2n) is 4.45. The van der Waals surface area contributed by atoms with E-state index < -0.39 is 12.0 Å². The number of esters is 1. The summed E-state index contributed by atoms with van der Waals surface area (Å²) in [5.74, 6) is -0.538. The van der Waals surface area contributed by atoms with Crippen LogP contribution in [0.2, 0.25) is 0 Å². The lowest BCUT2D eigenvalue weighted by Gasteiger charge is -2.07. The lowest BCUT2D eigenvalue weighted by atomic mass is 10.1. The van der Waals surface area contributed by atoms with E-state index in [0.29, 0.717) is 5.56 Å². The first-order valence-corrected chi connectivity index (χ1v) is 6.80. The molecule has 0 unspecified atom stereocenters. The van der Waals surface area contributed by atoms with Crippen molar-refractivity contribution in [3.63, 3.8) is 0 Å². The van der Waals surface area contributed by atoms with Crippen molar-refractivity contribution in [2.24, 2.45) is 0 Å². The molecule has 0 heterocycles. The number of hydrogen-bond donors (Lipinski definition) is 2. The molecular weight excluding hydrogens is 272 g/mol. The van der Waals surface area contributed by atoms with E-state index in [2.05, 4.69) is 15.4 Å². The lowest BCUT2D eigenvalue weighted by molar-refractivity contribution is -0.141. The van der Waals surface area contributed by atoms with E-state index >= 15 is 0 Å². The van der Waals surface area contributed by atoms with E-state index in [9.17, 15) is 14.4 Å². The monoisotopic (exact) mass is 292 g/mol. The number of amides is 2.